The molecule has 11 heavy (non-hydrogen) atoms. The summed E-state index contributed by atoms with van der Waals surface area (Å²) in [5.41, 5.74) is 5.53. The molecule has 0 bridgehead atoms. The van der Waals surface area contributed by atoms with E-state index in [9.17, 15) is 4.79 Å². The van der Waals surface area contributed by atoms with Crippen LogP contribution in [0.1, 0.15) is 6.42 Å². The number of rotatable bonds is 1. The van der Waals surface area contributed by atoms with Gasteiger partial charge in [-0.2, -0.15) is 0 Å². The Kier molecular flexibility index (Phi) is 1.43. The molecule has 1 fully saturated rings. The summed E-state index contributed by atoms with van der Waals surface area (Å²) in [5.74, 6) is 0.730. The fourth-order valence-corrected chi connectivity index (χ4v) is 1.62. The summed E-state index contributed by atoms with van der Waals surface area (Å²) >= 11 is 0. The highest BCUT2D eigenvalue weighted by Crippen LogP contribution is 2.35. The second-order valence-electron chi connectivity index (χ2n) is 3.17. The number of carbonyl (C=O) groups excluding carboxylic acids is 1. The highest BCUT2D eigenvalue weighted by molar-refractivity contribution is 6.03. The highest BCUT2D eigenvalue weighted by atomic mass is 16.1. The largest absolute Gasteiger partial charge is 0.321 e. The number of Topliss-reactive ketones (excluding diaryl/α,β-unsaturated/α-hetero) is 1. The summed E-state index contributed by atoms with van der Waals surface area (Å²) in [7, 11) is 0. The third-order valence-corrected chi connectivity index (χ3v) is 2.41. The highest BCUT2D eigenvalue weighted by Gasteiger charge is 2.49. The molecular weight excluding hydrogens is 138 g/mol. The first-order valence-electron chi connectivity index (χ1n) is 3.93. The van der Waals surface area contributed by atoms with Crippen LogP contribution in [0.2, 0.25) is 0 Å². The molecule has 2 rings (SSSR count). The lowest BCUT2D eigenvalue weighted by molar-refractivity contribution is -0.111. The Labute approximate surface area is 65.8 Å². The van der Waals surface area contributed by atoms with E-state index in [0.29, 0.717) is 5.92 Å². The van der Waals surface area contributed by atoms with Gasteiger partial charge in [-0.3, -0.25) is 4.79 Å². The van der Waals surface area contributed by atoms with Crippen molar-refractivity contribution in [2.24, 2.45) is 17.6 Å². The van der Waals surface area contributed by atoms with Gasteiger partial charge >= 0.3 is 0 Å². The van der Waals surface area contributed by atoms with Crippen molar-refractivity contribution in [1.29, 1.82) is 0 Å². The van der Waals surface area contributed by atoms with Gasteiger partial charge in [0, 0.05) is 5.92 Å². The van der Waals surface area contributed by atoms with Gasteiger partial charge in [0.05, 0.1) is 6.04 Å². The van der Waals surface area contributed by atoms with E-state index in [1.165, 1.54) is 0 Å². The van der Waals surface area contributed by atoms with Gasteiger partial charge in [-0.05, 0) is 12.3 Å². The van der Waals surface area contributed by atoms with Crippen LogP contribution in [0.4, 0.5) is 0 Å². The number of nitrogens with two attached hydrogens (primary N) is 1. The Morgan fingerprint density at radius 1 is 1.45 bits per heavy atom. The lowest BCUT2D eigenvalue weighted by Crippen LogP contribution is -2.09. The van der Waals surface area contributed by atoms with Crippen molar-refractivity contribution in [2.75, 3.05) is 0 Å². The van der Waals surface area contributed by atoms with Gasteiger partial charge in [-0.1, -0.05) is 24.3 Å². The normalized spacial score (nSPS) is 41.2. The summed E-state index contributed by atoms with van der Waals surface area (Å²) in [4.78, 5) is 10.9. The first kappa shape index (κ1) is 6.80. The first-order chi connectivity index (χ1) is 5.30. The van der Waals surface area contributed by atoms with Crippen LogP contribution in [0.15, 0.2) is 24.3 Å². The van der Waals surface area contributed by atoms with Gasteiger partial charge in [0.15, 0.2) is 5.78 Å². The Balaban J connectivity index is 2.03. The molecule has 0 aromatic heterocycles. The van der Waals surface area contributed by atoms with Crippen LogP contribution in [0, 0.1) is 11.8 Å². The Bertz CT molecular complexity index is 242. The third-order valence-electron chi connectivity index (χ3n) is 2.41. The maximum atomic E-state index is 10.9. The zero-order chi connectivity index (χ0) is 7.84. The zero-order valence-electron chi connectivity index (χ0n) is 6.23. The summed E-state index contributed by atoms with van der Waals surface area (Å²) in [5, 5.41) is 0. The molecule has 0 heterocycles. The van der Waals surface area contributed by atoms with Crippen LogP contribution >= 0.6 is 0 Å². The van der Waals surface area contributed by atoms with E-state index < -0.39 is 0 Å². The van der Waals surface area contributed by atoms with Gasteiger partial charge < -0.3 is 5.73 Å². The first-order valence-corrected chi connectivity index (χ1v) is 3.93. The molecular formula is C9H11NO. The van der Waals surface area contributed by atoms with E-state index in [4.69, 9.17) is 5.73 Å². The van der Waals surface area contributed by atoms with Crippen LogP contribution in [0.25, 0.3) is 0 Å². The molecule has 2 N–H and O–H groups in total. The Hall–Kier alpha value is -0.890. The Morgan fingerprint density at radius 3 is 2.64 bits per heavy atom. The molecule has 0 aliphatic heterocycles. The smallest absolute Gasteiger partial charge is 0.155 e. The topological polar surface area (TPSA) is 43.1 Å². The zero-order valence-corrected chi connectivity index (χ0v) is 6.23. The summed E-state index contributed by atoms with van der Waals surface area (Å²) in [6.07, 6.45) is 9.14. The molecule has 0 aromatic rings. The van der Waals surface area contributed by atoms with Gasteiger partial charge in [0.25, 0.3) is 0 Å². The average Bonchev–Trinajstić information content (AvgIpc) is 2.62. The third kappa shape index (κ3) is 1.03. The number of hydrogen-bond donors (Lipinski definition) is 1. The van der Waals surface area contributed by atoms with Gasteiger partial charge in [-0.15, -0.1) is 0 Å². The van der Waals surface area contributed by atoms with Crippen LogP contribution in [0.5, 0.6) is 0 Å². The molecule has 58 valence electrons. The molecule has 1 saturated carbocycles. The minimum atomic E-state index is -0.170. The van der Waals surface area contributed by atoms with Crippen molar-refractivity contribution < 1.29 is 4.79 Å². The summed E-state index contributed by atoms with van der Waals surface area (Å²) in [6.45, 7) is 0. The molecule has 2 aliphatic carbocycles. The quantitative estimate of drug-likeness (QED) is 0.594. The molecule has 2 nitrogen and oxygen atoms in total. The van der Waals surface area contributed by atoms with Crippen LogP contribution in [-0.2, 0) is 4.79 Å². The fourth-order valence-electron chi connectivity index (χ4n) is 1.62. The minimum absolute atomic E-state index is 0.121. The van der Waals surface area contributed by atoms with Crippen molar-refractivity contribution in [3.63, 3.8) is 0 Å². The van der Waals surface area contributed by atoms with E-state index in [1.807, 2.05) is 12.2 Å². The molecule has 0 radical (unpaired) electrons. The molecule has 3 atom stereocenters. The SMILES string of the molecule is NC1C(=O)C1C1C=CC=CC1. The fraction of sp³-hybridized carbons (Fsp3) is 0.444. The average molecular weight is 149 g/mol. The molecule has 2 heteroatoms. The van der Waals surface area contributed by atoms with Crippen molar-refractivity contribution in [1.82, 2.24) is 0 Å². The number of hydrogen-bond acceptors (Lipinski definition) is 2. The second kappa shape index (κ2) is 2.31. The van der Waals surface area contributed by atoms with E-state index in [2.05, 4.69) is 12.2 Å². The summed E-state index contributed by atoms with van der Waals surface area (Å²) < 4.78 is 0. The van der Waals surface area contributed by atoms with Gasteiger partial charge in [-0.25, -0.2) is 0 Å². The van der Waals surface area contributed by atoms with Crippen molar-refractivity contribution in [3.05, 3.63) is 24.3 Å². The molecule has 0 aromatic carbocycles. The van der Waals surface area contributed by atoms with Crippen molar-refractivity contribution in [2.45, 2.75) is 12.5 Å². The Morgan fingerprint density at radius 2 is 2.18 bits per heavy atom. The van der Waals surface area contributed by atoms with Crippen LogP contribution in [0.3, 0.4) is 0 Å². The number of carbonyl (C=O) groups is 1. The van der Waals surface area contributed by atoms with Crippen LogP contribution < -0.4 is 5.73 Å². The maximum absolute atomic E-state index is 10.9. The standard InChI is InChI=1S/C9H11NO/c10-8-7(9(8)11)6-4-2-1-3-5-6/h1-4,6-8H,5,10H2. The molecule has 2 aliphatic rings. The molecule has 0 spiro atoms. The van der Waals surface area contributed by atoms with Crippen molar-refractivity contribution >= 4 is 5.78 Å². The molecule has 3 unspecified atom stereocenters. The van der Waals surface area contributed by atoms with Gasteiger partial charge in [0.1, 0.15) is 0 Å². The molecule has 0 saturated heterocycles. The van der Waals surface area contributed by atoms with Crippen LogP contribution in [-0.4, -0.2) is 11.8 Å². The monoisotopic (exact) mass is 149 g/mol. The number of allylic oxidation sites excluding steroid dienone is 4. The summed E-state index contributed by atoms with van der Waals surface area (Å²) in [6, 6.07) is -0.170. The maximum Gasteiger partial charge on any atom is 0.155 e. The lowest BCUT2D eigenvalue weighted by atomic mass is 9.95. The van der Waals surface area contributed by atoms with Crippen molar-refractivity contribution in [3.8, 4) is 0 Å². The number of ketones is 1. The predicted octanol–water partition coefficient (Wildman–Crippen LogP) is 0.645. The lowest BCUT2D eigenvalue weighted by Gasteiger charge is -2.09. The van der Waals surface area contributed by atoms with E-state index in [0.717, 1.165) is 6.42 Å². The van der Waals surface area contributed by atoms with E-state index in [-0.39, 0.29) is 17.7 Å². The predicted molar refractivity (Wildman–Crippen MR) is 42.9 cm³/mol. The minimum Gasteiger partial charge on any atom is -0.321 e. The van der Waals surface area contributed by atoms with E-state index in [1.54, 1.807) is 0 Å². The van der Waals surface area contributed by atoms with E-state index >= 15 is 0 Å². The van der Waals surface area contributed by atoms with Gasteiger partial charge in [0.2, 0.25) is 0 Å². The second-order valence-corrected chi connectivity index (χ2v) is 3.17. The molecule has 0 amide bonds.